The standard InChI is InChI=1S/C17H21N5O3/c18-17(25)19-7-3-6-13-15(23)22-14(16(24)21-13)8-10-9-20-12-5-2-1-4-11(10)12/h1-2,4-5,9,13-14,20H,3,6-8H2,(H,21,24)(H,22,23)(H3,18,19,25). The molecule has 8 heteroatoms. The van der Waals surface area contributed by atoms with Crippen LogP contribution < -0.4 is 21.7 Å². The van der Waals surface area contributed by atoms with E-state index in [0.717, 1.165) is 16.5 Å². The number of urea groups is 1. The number of fused-ring (bicyclic) bond motifs is 1. The van der Waals surface area contributed by atoms with E-state index in [4.69, 9.17) is 5.73 Å². The third kappa shape index (κ3) is 3.90. The van der Waals surface area contributed by atoms with Gasteiger partial charge in [-0.3, -0.25) is 9.59 Å². The predicted molar refractivity (Wildman–Crippen MR) is 92.7 cm³/mol. The molecule has 0 spiro atoms. The van der Waals surface area contributed by atoms with Crippen molar-refractivity contribution in [3.8, 4) is 0 Å². The molecule has 1 aliphatic rings. The highest BCUT2D eigenvalue weighted by Crippen LogP contribution is 2.20. The number of nitrogens with one attached hydrogen (secondary N) is 4. The van der Waals surface area contributed by atoms with E-state index < -0.39 is 18.1 Å². The molecule has 2 unspecified atom stereocenters. The Labute approximate surface area is 144 Å². The number of aromatic amines is 1. The number of amides is 4. The number of para-hydroxylation sites is 1. The molecule has 0 radical (unpaired) electrons. The van der Waals surface area contributed by atoms with Gasteiger partial charge in [-0.1, -0.05) is 18.2 Å². The summed E-state index contributed by atoms with van der Waals surface area (Å²) in [6.07, 6.45) is 3.29. The van der Waals surface area contributed by atoms with Crippen molar-refractivity contribution >= 4 is 28.7 Å². The molecule has 1 fully saturated rings. The van der Waals surface area contributed by atoms with Crippen LogP contribution in [0.1, 0.15) is 18.4 Å². The van der Waals surface area contributed by atoms with Crippen molar-refractivity contribution in [3.05, 3.63) is 36.0 Å². The van der Waals surface area contributed by atoms with Gasteiger partial charge in [0, 0.05) is 30.1 Å². The number of carbonyl (C=O) groups excluding carboxylic acids is 3. The Balaban J connectivity index is 1.58. The third-order valence-corrected chi connectivity index (χ3v) is 4.33. The van der Waals surface area contributed by atoms with Crippen LogP contribution in [0.3, 0.4) is 0 Å². The fourth-order valence-electron chi connectivity index (χ4n) is 3.06. The van der Waals surface area contributed by atoms with Crippen molar-refractivity contribution in [1.29, 1.82) is 0 Å². The zero-order chi connectivity index (χ0) is 17.8. The van der Waals surface area contributed by atoms with Gasteiger partial charge in [-0.05, 0) is 24.5 Å². The van der Waals surface area contributed by atoms with E-state index in [1.807, 2.05) is 30.5 Å². The Kier molecular flexibility index (Phi) is 4.87. The number of aromatic nitrogens is 1. The number of hydrogen-bond acceptors (Lipinski definition) is 3. The molecular weight excluding hydrogens is 322 g/mol. The number of carbonyl (C=O) groups is 3. The lowest BCUT2D eigenvalue weighted by atomic mass is 10.00. The van der Waals surface area contributed by atoms with E-state index >= 15 is 0 Å². The lowest BCUT2D eigenvalue weighted by molar-refractivity contribution is -0.136. The monoisotopic (exact) mass is 343 g/mol. The van der Waals surface area contributed by atoms with Gasteiger partial charge in [0.05, 0.1) is 0 Å². The molecule has 25 heavy (non-hydrogen) atoms. The van der Waals surface area contributed by atoms with Gasteiger partial charge in [0.2, 0.25) is 11.8 Å². The van der Waals surface area contributed by atoms with Gasteiger partial charge in [0.1, 0.15) is 12.1 Å². The molecule has 3 rings (SSSR count). The number of nitrogens with two attached hydrogens (primary N) is 1. The Morgan fingerprint density at radius 3 is 2.64 bits per heavy atom. The zero-order valence-corrected chi connectivity index (χ0v) is 13.7. The Morgan fingerprint density at radius 2 is 1.84 bits per heavy atom. The van der Waals surface area contributed by atoms with Gasteiger partial charge in [0.15, 0.2) is 0 Å². The van der Waals surface area contributed by atoms with Crippen molar-refractivity contribution in [2.75, 3.05) is 6.54 Å². The molecule has 4 amide bonds. The summed E-state index contributed by atoms with van der Waals surface area (Å²) < 4.78 is 0. The first kappa shape index (κ1) is 16.8. The van der Waals surface area contributed by atoms with Crippen molar-refractivity contribution in [2.45, 2.75) is 31.3 Å². The van der Waals surface area contributed by atoms with Crippen LogP contribution in [-0.4, -0.2) is 41.5 Å². The van der Waals surface area contributed by atoms with E-state index in [1.54, 1.807) is 0 Å². The maximum atomic E-state index is 12.3. The van der Waals surface area contributed by atoms with Gasteiger partial charge in [-0.25, -0.2) is 4.79 Å². The minimum absolute atomic E-state index is 0.197. The van der Waals surface area contributed by atoms with E-state index in [0.29, 0.717) is 25.8 Å². The number of rotatable bonds is 6. The number of hydrogen-bond donors (Lipinski definition) is 5. The first-order valence-corrected chi connectivity index (χ1v) is 8.23. The molecule has 0 aliphatic carbocycles. The van der Waals surface area contributed by atoms with Crippen molar-refractivity contribution in [3.63, 3.8) is 0 Å². The molecule has 0 bridgehead atoms. The summed E-state index contributed by atoms with van der Waals surface area (Å²) in [4.78, 5) is 38.3. The van der Waals surface area contributed by atoms with Crippen LogP contribution in [0.2, 0.25) is 0 Å². The predicted octanol–water partition coefficient (Wildman–Crippen LogP) is 0.142. The number of piperazine rings is 1. The SMILES string of the molecule is NC(=O)NCCCC1NC(=O)C(Cc2c[nH]c3ccccc23)NC1=O. The number of H-pyrrole nitrogens is 1. The summed E-state index contributed by atoms with van der Waals surface area (Å²) in [6.45, 7) is 0.369. The molecular formula is C17H21N5O3. The van der Waals surface area contributed by atoms with Crippen LogP contribution in [0, 0.1) is 0 Å². The minimum Gasteiger partial charge on any atom is -0.361 e. The van der Waals surface area contributed by atoms with Gasteiger partial charge in [-0.15, -0.1) is 0 Å². The summed E-state index contributed by atoms with van der Waals surface area (Å²) in [7, 11) is 0. The second-order valence-corrected chi connectivity index (χ2v) is 6.12. The lowest BCUT2D eigenvalue weighted by Gasteiger charge is -2.29. The third-order valence-electron chi connectivity index (χ3n) is 4.33. The van der Waals surface area contributed by atoms with Crippen molar-refractivity contribution < 1.29 is 14.4 Å². The zero-order valence-electron chi connectivity index (χ0n) is 13.7. The second kappa shape index (κ2) is 7.25. The highest BCUT2D eigenvalue weighted by atomic mass is 16.2. The fourth-order valence-corrected chi connectivity index (χ4v) is 3.06. The first-order chi connectivity index (χ1) is 12.0. The number of primary amides is 1. The van der Waals surface area contributed by atoms with E-state index in [-0.39, 0.29) is 11.8 Å². The fraction of sp³-hybridized carbons (Fsp3) is 0.353. The van der Waals surface area contributed by atoms with Crippen LogP contribution >= 0.6 is 0 Å². The van der Waals surface area contributed by atoms with Crippen molar-refractivity contribution in [2.24, 2.45) is 5.73 Å². The van der Waals surface area contributed by atoms with E-state index in [1.165, 1.54) is 0 Å². The van der Waals surface area contributed by atoms with E-state index in [2.05, 4.69) is 20.9 Å². The minimum atomic E-state index is -0.601. The molecule has 132 valence electrons. The maximum absolute atomic E-state index is 12.3. The summed E-state index contributed by atoms with van der Waals surface area (Å²) in [5.41, 5.74) is 6.97. The first-order valence-electron chi connectivity index (χ1n) is 8.23. The Hall–Kier alpha value is -3.03. The highest BCUT2D eigenvalue weighted by molar-refractivity contribution is 5.97. The average Bonchev–Trinajstić information content (AvgIpc) is 2.98. The molecule has 1 aliphatic heterocycles. The quantitative estimate of drug-likeness (QED) is 0.478. The van der Waals surface area contributed by atoms with Crippen LogP contribution in [0.15, 0.2) is 30.5 Å². The second-order valence-electron chi connectivity index (χ2n) is 6.12. The molecule has 2 heterocycles. The molecule has 0 saturated carbocycles. The van der Waals surface area contributed by atoms with Gasteiger partial charge in [-0.2, -0.15) is 0 Å². The molecule has 1 saturated heterocycles. The Morgan fingerprint density at radius 1 is 1.12 bits per heavy atom. The Bertz CT molecular complexity index is 800. The molecule has 2 atom stereocenters. The molecule has 2 aromatic rings. The normalized spacial score (nSPS) is 20.2. The largest absolute Gasteiger partial charge is 0.361 e. The molecule has 1 aromatic carbocycles. The van der Waals surface area contributed by atoms with Gasteiger partial charge in [0.25, 0.3) is 0 Å². The summed E-state index contributed by atoms with van der Waals surface area (Å²) in [6, 6.07) is 6.06. The smallest absolute Gasteiger partial charge is 0.312 e. The summed E-state index contributed by atoms with van der Waals surface area (Å²) >= 11 is 0. The molecule has 8 nitrogen and oxygen atoms in total. The maximum Gasteiger partial charge on any atom is 0.312 e. The molecule has 6 N–H and O–H groups in total. The number of benzene rings is 1. The van der Waals surface area contributed by atoms with E-state index in [9.17, 15) is 14.4 Å². The topological polar surface area (TPSA) is 129 Å². The van der Waals surface area contributed by atoms with Crippen molar-refractivity contribution in [1.82, 2.24) is 20.9 Å². The average molecular weight is 343 g/mol. The van der Waals surface area contributed by atoms with Crippen LogP contribution in [0.5, 0.6) is 0 Å². The van der Waals surface area contributed by atoms with Gasteiger partial charge < -0.3 is 26.7 Å². The molecule has 1 aromatic heterocycles. The summed E-state index contributed by atoms with van der Waals surface area (Å²) in [5.74, 6) is -0.402. The van der Waals surface area contributed by atoms with Crippen LogP contribution in [0.4, 0.5) is 4.79 Å². The summed E-state index contributed by atoms with van der Waals surface area (Å²) in [5, 5.41) is 9.05. The highest BCUT2D eigenvalue weighted by Gasteiger charge is 2.33. The van der Waals surface area contributed by atoms with Crippen LogP contribution in [0.25, 0.3) is 10.9 Å². The van der Waals surface area contributed by atoms with Crippen LogP contribution in [-0.2, 0) is 16.0 Å². The lowest BCUT2D eigenvalue weighted by Crippen LogP contribution is -2.62. The van der Waals surface area contributed by atoms with Gasteiger partial charge >= 0.3 is 6.03 Å².